The summed E-state index contributed by atoms with van der Waals surface area (Å²) in [5, 5.41) is 3.06. The molecule has 1 atom stereocenters. The Bertz CT molecular complexity index is 587. The minimum Gasteiger partial charge on any atom is -0.472 e. The second-order valence-corrected chi connectivity index (χ2v) is 6.10. The SMILES string of the molecule is O=C(NCC(c1ccccc1)N1CCCCCC1)c1ccoc1. The van der Waals surface area contributed by atoms with E-state index in [0.29, 0.717) is 12.1 Å². The number of rotatable bonds is 5. The van der Waals surface area contributed by atoms with Gasteiger partial charge in [0.15, 0.2) is 0 Å². The zero-order valence-electron chi connectivity index (χ0n) is 13.4. The molecule has 3 rings (SSSR count). The van der Waals surface area contributed by atoms with Crippen LogP contribution in [0.1, 0.15) is 47.6 Å². The van der Waals surface area contributed by atoms with Crippen molar-refractivity contribution in [2.24, 2.45) is 0 Å². The Morgan fingerprint density at radius 2 is 1.83 bits per heavy atom. The highest BCUT2D eigenvalue weighted by molar-refractivity contribution is 5.93. The molecule has 0 saturated carbocycles. The monoisotopic (exact) mass is 312 g/mol. The minimum absolute atomic E-state index is 0.0745. The van der Waals surface area contributed by atoms with Gasteiger partial charge in [0, 0.05) is 6.54 Å². The Kier molecular flexibility index (Phi) is 5.48. The van der Waals surface area contributed by atoms with Gasteiger partial charge in [-0.1, -0.05) is 43.2 Å². The van der Waals surface area contributed by atoms with Crippen LogP contribution >= 0.6 is 0 Å². The van der Waals surface area contributed by atoms with E-state index in [4.69, 9.17) is 4.42 Å². The summed E-state index contributed by atoms with van der Waals surface area (Å²) in [4.78, 5) is 14.7. The zero-order chi connectivity index (χ0) is 15.9. The highest BCUT2D eigenvalue weighted by Gasteiger charge is 2.22. The zero-order valence-corrected chi connectivity index (χ0v) is 13.4. The number of carbonyl (C=O) groups is 1. The number of benzene rings is 1. The number of hydrogen-bond acceptors (Lipinski definition) is 3. The van der Waals surface area contributed by atoms with Gasteiger partial charge in [-0.05, 0) is 37.6 Å². The van der Waals surface area contributed by atoms with Gasteiger partial charge >= 0.3 is 0 Å². The Hall–Kier alpha value is -2.07. The van der Waals surface area contributed by atoms with Crippen LogP contribution in [0.5, 0.6) is 0 Å². The molecule has 1 aromatic heterocycles. The summed E-state index contributed by atoms with van der Waals surface area (Å²) >= 11 is 0. The van der Waals surface area contributed by atoms with Crippen molar-refractivity contribution < 1.29 is 9.21 Å². The third-order valence-electron chi connectivity index (χ3n) is 4.51. The van der Waals surface area contributed by atoms with Crippen molar-refractivity contribution in [1.82, 2.24) is 10.2 Å². The van der Waals surface area contributed by atoms with E-state index in [0.717, 1.165) is 13.1 Å². The van der Waals surface area contributed by atoms with Crippen molar-refractivity contribution in [1.29, 1.82) is 0 Å². The van der Waals surface area contributed by atoms with Crippen LogP contribution in [-0.2, 0) is 0 Å². The largest absolute Gasteiger partial charge is 0.472 e. The molecule has 1 N–H and O–H groups in total. The molecule has 1 aromatic carbocycles. The maximum Gasteiger partial charge on any atom is 0.254 e. The highest BCUT2D eigenvalue weighted by Crippen LogP contribution is 2.23. The van der Waals surface area contributed by atoms with E-state index >= 15 is 0 Å². The topological polar surface area (TPSA) is 45.5 Å². The second-order valence-electron chi connectivity index (χ2n) is 6.10. The third kappa shape index (κ3) is 4.23. The molecule has 0 bridgehead atoms. The molecule has 4 nitrogen and oxygen atoms in total. The molecule has 1 aliphatic heterocycles. The fraction of sp³-hybridized carbons (Fsp3) is 0.421. The van der Waals surface area contributed by atoms with Crippen LogP contribution in [0.25, 0.3) is 0 Å². The van der Waals surface area contributed by atoms with Crippen LogP contribution < -0.4 is 5.32 Å². The summed E-state index contributed by atoms with van der Waals surface area (Å²) < 4.78 is 4.99. The second kappa shape index (κ2) is 7.97. The van der Waals surface area contributed by atoms with E-state index in [-0.39, 0.29) is 11.9 Å². The predicted molar refractivity (Wildman–Crippen MR) is 90.3 cm³/mol. The number of hydrogen-bond donors (Lipinski definition) is 1. The molecule has 1 amide bonds. The van der Waals surface area contributed by atoms with Crippen molar-refractivity contribution in [3.05, 3.63) is 60.1 Å². The minimum atomic E-state index is -0.0745. The average Bonchev–Trinajstić information content (AvgIpc) is 3.00. The first-order chi connectivity index (χ1) is 11.3. The lowest BCUT2D eigenvalue weighted by Crippen LogP contribution is -2.38. The average molecular weight is 312 g/mol. The maximum atomic E-state index is 12.2. The lowest BCUT2D eigenvalue weighted by atomic mass is 10.0. The van der Waals surface area contributed by atoms with Crippen molar-refractivity contribution in [3.8, 4) is 0 Å². The van der Waals surface area contributed by atoms with Crippen LogP contribution in [0, 0.1) is 0 Å². The molecule has 4 heteroatoms. The standard InChI is InChI=1S/C19H24N2O2/c22-19(17-10-13-23-15-17)20-14-18(16-8-4-3-5-9-16)21-11-6-1-2-7-12-21/h3-5,8-10,13,15,18H,1-2,6-7,11-12,14H2,(H,20,22). The van der Waals surface area contributed by atoms with Crippen LogP contribution in [0.3, 0.4) is 0 Å². The molecule has 2 heterocycles. The van der Waals surface area contributed by atoms with Crippen LogP contribution in [0.2, 0.25) is 0 Å². The van der Waals surface area contributed by atoms with Gasteiger partial charge in [0.05, 0.1) is 17.9 Å². The van der Waals surface area contributed by atoms with Gasteiger partial charge in [0.1, 0.15) is 6.26 Å². The van der Waals surface area contributed by atoms with Crippen LogP contribution in [-0.4, -0.2) is 30.4 Å². The molecule has 1 unspecified atom stereocenters. The summed E-state index contributed by atoms with van der Waals surface area (Å²) in [6, 6.07) is 12.4. The normalized spacial score (nSPS) is 17.4. The first-order valence-electron chi connectivity index (χ1n) is 8.44. The van der Waals surface area contributed by atoms with E-state index in [2.05, 4.69) is 34.5 Å². The Balaban J connectivity index is 1.71. The summed E-state index contributed by atoms with van der Waals surface area (Å²) in [6.45, 7) is 2.82. The highest BCUT2D eigenvalue weighted by atomic mass is 16.3. The summed E-state index contributed by atoms with van der Waals surface area (Å²) in [5.74, 6) is -0.0745. The van der Waals surface area contributed by atoms with E-state index in [1.165, 1.54) is 43.8 Å². The van der Waals surface area contributed by atoms with Gasteiger partial charge < -0.3 is 9.73 Å². The quantitative estimate of drug-likeness (QED) is 0.917. The van der Waals surface area contributed by atoms with Gasteiger partial charge in [-0.2, -0.15) is 0 Å². The fourth-order valence-corrected chi connectivity index (χ4v) is 3.22. The lowest BCUT2D eigenvalue weighted by Gasteiger charge is -2.31. The van der Waals surface area contributed by atoms with Crippen molar-refractivity contribution >= 4 is 5.91 Å². The molecule has 23 heavy (non-hydrogen) atoms. The Morgan fingerprint density at radius 3 is 2.48 bits per heavy atom. The number of carbonyl (C=O) groups excluding carboxylic acids is 1. The predicted octanol–water partition coefficient (Wildman–Crippen LogP) is 3.63. The van der Waals surface area contributed by atoms with Crippen molar-refractivity contribution in [2.75, 3.05) is 19.6 Å². The van der Waals surface area contributed by atoms with Crippen LogP contribution in [0.4, 0.5) is 0 Å². The summed E-state index contributed by atoms with van der Waals surface area (Å²) in [5.41, 5.74) is 1.84. The van der Waals surface area contributed by atoms with Crippen LogP contribution in [0.15, 0.2) is 53.3 Å². The van der Waals surface area contributed by atoms with Crippen molar-refractivity contribution in [2.45, 2.75) is 31.7 Å². The van der Waals surface area contributed by atoms with Gasteiger partial charge in [0.25, 0.3) is 5.91 Å². The molecule has 2 aromatic rings. The number of nitrogens with one attached hydrogen (secondary N) is 1. The lowest BCUT2D eigenvalue weighted by molar-refractivity contribution is 0.0932. The molecular formula is C19H24N2O2. The molecule has 1 fully saturated rings. The van der Waals surface area contributed by atoms with E-state index in [1.807, 2.05) is 6.07 Å². The van der Waals surface area contributed by atoms with E-state index in [1.54, 1.807) is 6.07 Å². The molecular weight excluding hydrogens is 288 g/mol. The Morgan fingerprint density at radius 1 is 1.09 bits per heavy atom. The molecule has 1 saturated heterocycles. The van der Waals surface area contributed by atoms with E-state index in [9.17, 15) is 4.79 Å². The summed E-state index contributed by atoms with van der Waals surface area (Å²) in [7, 11) is 0. The van der Waals surface area contributed by atoms with E-state index < -0.39 is 0 Å². The van der Waals surface area contributed by atoms with Gasteiger partial charge in [-0.25, -0.2) is 0 Å². The number of nitrogens with zero attached hydrogens (tertiary/aromatic N) is 1. The Labute approximate surface area is 137 Å². The molecule has 122 valence electrons. The third-order valence-corrected chi connectivity index (χ3v) is 4.51. The molecule has 0 radical (unpaired) electrons. The molecule has 0 spiro atoms. The number of likely N-dealkylation sites (tertiary alicyclic amines) is 1. The first-order valence-corrected chi connectivity index (χ1v) is 8.44. The molecule has 0 aliphatic carbocycles. The maximum absolute atomic E-state index is 12.2. The van der Waals surface area contributed by atoms with Gasteiger partial charge in [-0.15, -0.1) is 0 Å². The molecule has 1 aliphatic rings. The fourth-order valence-electron chi connectivity index (χ4n) is 3.22. The number of furan rings is 1. The van der Waals surface area contributed by atoms with Gasteiger partial charge in [0.2, 0.25) is 0 Å². The first kappa shape index (κ1) is 15.8. The van der Waals surface area contributed by atoms with Crippen molar-refractivity contribution in [3.63, 3.8) is 0 Å². The van der Waals surface area contributed by atoms with Gasteiger partial charge in [-0.3, -0.25) is 9.69 Å². The summed E-state index contributed by atoms with van der Waals surface area (Å²) in [6.07, 6.45) is 8.09. The smallest absolute Gasteiger partial charge is 0.254 e. The number of amides is 1.